The molecule has 1 atom stereocenters. The predicted octanol–water partition coefficient (Wildman–Crippen LogP) is 3.10. The van der Waals surface area contributed by atoms with E-state index >= 15 is 0 Å². The maximum Gasteiger partial charge on any atom is 0.257 e. The molecule has 4 aromatic rings. The van der Waals surface area contributed by atoms with Gasteiger partial charge in [-0.2, -0.15) is 0 Å². The minimum absolute atomic E-state index is 0.0848. The summed E-state index contributed by atoms with van der Waals surface area (Å²) in [5.41, 5.74) is 7.71. The molecular weight excluding hydrogens is 454 g/mol. The summed E-state index contributed by atoms with van der Waals surface area (Å²) in [4.78, 5) is 41.9. The first-order valence-corrected chi connectivity index (χ1v) is 11.1. The average Bonchev–Trinajstić information content (AvgIpc) is 3.46. The van der Waals surface area contributed by atoms with Crippen molar-refractivity contribution in [3.05, 3.63) is 88.9 Å². The average molecular weight is 474 g/mol. The minimum atomic E-state index is -1.19. The van der Waals surface area contributed by atoms with Crippen LogP contribution in [0.5, 0.6) is 0 Å². The van der Waals surface area contributed by atoms with Gasteiger partial charge in [0.05, 0.1) is 23.1 Å². The standard InChI is InChI=1S/C25H20F2N6O2/c26-15-3-1-14(2-4-15)12-32-8-6-25(24(32)35)18-5-7-29-11-17(18)23(34)33(25)13-16-9-20-21(30-16)10-19(27)22(28)31-20/h1-5,7,9-11,30H,6,8,12-13H2,(H2,28,31)/t25-/m1/s1. The number of anilines is 1. The number of likely N-dealkylation sites (tertiary alicyclic amines) is 1. The molecule has 0 radical (unpaired) electrons. The van der Waals surface area contributed by atoms with Crippen molar-refractivity contribution in [2.75, 3.05) is 12.3 Å². The van der Waals surface area contributed by atoms with Gasteiger partial charge in [0.15, 0.2) is 17.2 Å². The van der Waals surface area contributed by atoms with Crippen molar-refractivity contribution in [1.29, 1.82) is 0 Å². The van der Waals surface area contributed by atoms with Gasteiger partial charge in [0.25, 0.3) is 11.8 Å². The number of nitrogen functional groups attached to an aromatic ring is 1. The van der Waals surface area contributed by atoms with Crippen molar-refractivity contribution in [2.24, 2.45) is 0 Å². The lowest BCUT2D eigenvalue weighted by atomic mass is 9.88. The molecule has 35 heavy (non-hydrogen) atoms. The fourth-order valence-electron chi connectivity index (χ4n) is 5.18. The third-order valence-electron chi connectivity index (χ3n) is 6.84. The quantitative estimate of drug-likeness (QED) is 0.473. The largest absolute Gasteiger partial charge is 0.381 e. The second-order valence-corrected chi connectivity index (χ2v) is 8.86. The van der Waals surface area contributed by atoms with Gasteiger partial charge in [-0.15, -0.1) is 0 Å². The van der Waals surface area contributed by atoms with Crippen LogP contribution in [-0.2, 0) is 23.4 Å². The molecule has 8 nitrogen and oxygen atoms in total. The maximum absolute atomic E-state index is 13.9. The Hall–Kier alpha value is -4.34. The number of benzene rings is 1. The summed E-state index contributed by atoms with van der Waals surface area (Å²) < 4.78 is 27.2. The van der Waals surface area contributed by atoms with E-state index in [4.69, 9.17) is 5.73 Å². The lowest BCUT2D eigenvalue weighted by molar-refractivity contribution is -0.137. The summed E-state index contributed by atoms with van der Waals surface area (Å²) in [6.45, 7) is 0.817. The molecule has 3 aromatic heterocycles. The number of amides is 2. The Bertz CT molecular complexity index is 1460. The normalized spacial score (nSPS) is 19.4. The summed E-state index contributed by atoms with van der Waals surface area (Å²) in [5.74, 6) is -1.70. The zero-order chi connectivity index (χ0) is 24.3. The zero-order valence-electron chi connectivity index (χ0n) is 18.5. The molecular formula is C25H20F2N6O2. The molecule has 2 amide bonds. The molecule has 1 spiro atoms. The predicted molar refractivity (Wildman–Crippen MR) is 123 cm³/mol. The van der Waals surface area contributed by atoms with Crippen molar-refractivity contribution >= 4 is 28.7 Å². The molecule has 176 valence electrons. The summed E-state index contributed by atoms with van der Waals surface area (Å²) in [5, 5.41) is 0. The van der Waals surface area contributed by atoms with E-state index < -0.39 is 11.4 Å². The Labute approximate surface area is 198 Å². The van der Waals surface area contributed by atoms with E-state index in [1.165, 1.54) is 24.4 Å². The van der Waals surface area contributed by atoms with Gasteiger partial charge < -0.3 is 20.5 Å². The number of nitrogens with one attached hydrogen (secondary N) is 1. The molecule has 0 saturated carbocycles. The lowest BCUT2D eigenvalue weighted by Gasteiger charge is -2.34. The van der Waals surface area contributed by atoms with Gasteiger partial charge in [-0.3, -0.25) is 14.6 Å². The van der Waals surface area contributed by atoms with Gasteiger partial charge in [-0.1, -0.05) is 12.1 Å². The monoisotopic (exact) mass is 474 g/mol. The van der Waals surface area contributed by atoms with Crippen LogP contribution in [0.4, 0.5) is 14.6 Å². The van der Waals surface area contributed by atoms with Crippen molar-refractivity contribution in [3.8, 4) is 0 Å². The Morgan fingerprint density at radius 1 is 1.09 bits per heavy atom. The molecule has 0 unspecified atom stereocenters. The van der Waals surface area contributed by atoms with E-state index in [-0.39, 0.29) is 30.0 Å². The number of H-pyrrole nitrogens is 1. The molecule has 2 aliphatic rings. The summed E-state index contributed by atoms with van der Waals surface area (Å²) in [6, 6.07) is 10.7. The van der Waals surface area contributed by atoms with Crippen LogP contribution in [0, 0.1) is 11.6 Å². The van der Waals surface area contributed by atoms with Crippen molar-refractivity contribution in [3.63, 3.8) is 0 Å². The Kier molecular flexibility index (Phi) is 4.60. The van der Waals surface area contributed by atoms with Gasteiger partial charge in [0.2, 0.25) is 0 Å². The number of rotatable bonds is 4. The summed E-state index contributed by atoms with van der Waals surface area (Å²) >= 11 is 0. The van der Waals surface area contributed by atoms with Gasteiger partial charge >= 0.3 is 0 Å². The van der Waals surface area contributed by atoms with Crippen LogP contribution in [-0.4, -0.2) is 43.1 Å². The molecule has 0 bridgehead atoms. The first-order chi connectivity index (χ1) is 16.9. The van der Waals surface area contributed by atoms with Crippen molar-refractivity contribution in [2.45, 2.75) is 25.0 Å². The van der Waals surface area contributed by atoms with Crippen LogP contribution >= 0.6 is 0 Å². The first-order valence-electron chi connectivity index (χ1n) is 11.1. The van der Waals surface area contributed by atoms with Crippen LogP contribution in [0.3, 0.4) is 0 Å². The fraction of sp³-hybridized carbons (Fsp3) is 0.200. The van der Waals surface area contributed by atoms with Crippen LogP contribution < -0.4 is 5.73 Å². The second-order valence-electron chi connectivity index (χ2n) is 8.86. The number of aromatic amines is 1. The fourth-order valence-corrected chi connectivity index (χ4v) is 5.18. The minimum Gasteiger partial charge on any atom is -0.381 e. The summed E-state index contributed by atoms with van der Waals surface area (Å²) in [7, 11) is 0. The van der Waals surface area contributed by atoms with E-state index in [0.717, 1.165) is 5.56 Å². The van der Waals surface area contributed by atoms with E-state index in [2.05, 4.69) is 15.0 Å². The van der Waals surface area contributed by atoms with Gasteiger partial charge in [-0.25, -0.2) is 13.8 Å². The highest BCUT2D eigenvalue weighted by Crippen LogP contribution is 2.47. The van der Waals surface area contributed by atoms with Gasteiger partial charge in [0.1, 0.15) is 5.82 Å². The number of pyridine rings is 2. The van der Waals surface area contributed by atoms with Gasteiger partial charge in [0, 0.05) is 49.2 Å². The highest BCUT2D eigenvalue weighted by molar-refractivity contribution is 6.07. The Balaban J connectivity index is 1.38. The third-order valence-corrected chi connectivity index (χ3v) is 6.84. The molecule has 2 aliphatic heterocycles. The first kappa shape index (κ1) is 21.2. The molecule has 3 N–H and O–H groups in total. The molecule has 0 aliphatic carbocycles. The van der Waals surface area contributed by atoms with Crippen molar-refractivity contribution in [1.82, 2.24) is 24.8 Å². The lowest BCUT2D eigenvalue weighted by Crippen LogP contribution is -2.49. The molecule has 1 fully saturated rings. The van der Waals surface area contributed by atoms with E-state index in [1.807, 2.05) is 0 Å². The van der Waals surface area contributed by atoms with E-state index in [9.17, 15) is 18.4 Å². The van der Waals surface area contributed by atoms with Crippen LogP contribution in [0.25, 0.3) is 11.0 Å². The highest BCUT2D eigenvalue weighted by Gasteiger charge is 2.59. The number of hydrogen-bond acceptors (Lipinski definition) is 5. The maximum atomic E-state index is 13.9. The second kappa shape index (κ2) is 7.59. The van der Waals surface area contributed by atoms with E-state index in [0.29, 0.717) is 47.4 Å². The number of nitrogens with two attached hydrogens (primary N) is 1. The molecule has 10 heteroatoms. The number of fused-ring (bicyclic) bond motifs is 3. The summed E-state index contributed by atoms with van der Waals surface area (Å²) in [6.07, 6.45) is 3.46. The van der Waals surface area contributed by atoms with Crippen molar-refractivity contribution < 1.29 is 18.4 Å². The topological polar surface area (TPSA) is 108 Å². The zero-order valence-corrected chi connectivity index (χ0v) is 18.5. The van der Waals surface area contributed by atoms with Crippen LogP contribution in [0.15, 0.2) is 54.9 Å². The van der Waals surface area contributed by atoms with Crippen LogP contribution in [0.2, 0.25) is 0 Å². The third kappa shape index (κ3) is 3.17. The number of carbonyl (C=O) groups is 2. The number of nitrogens with zero attached hydrogens (tertiary/aromatic N) is 4. The molecule has 1 saturated heterocycles. The smallest absolute Gasteiger partial charge is 0.257 e. The highest BCUT2D eigenvalue weighted by atomic mass is 19.1. The number of hydrogen-bond donors (Lipinski definition) is 2. The van der Waals surface area contributed by atoms with Gasteiger partial charge in [-0.05, 0) is 29.8 Å². The Morgan fingerprint density at radius 3 is 2.69 bits per heavy atom. The number of halogens is 2. The number of carbonyl (C=O) groups excluding carboxylic acids is 2. The number of aromatic nitrogens is 3. The molecule has 6 rings (SSSR count). The Morgan fingerprint density at radius 2 is 1.89 bits per heavy atom. The SMILES string of the molecule is Nc1nc2cc(CN3C(=O)c4cnccc4[C@@]34CCN(Cc3ccc(F)cc3)C4=O)[nH]c2cc1F. The molecule has 1 aromatic carbocycles. The van der Waals surface area contributed by atoms with Crippen LogP contribution in [0.1, 0.15) is 33.6 Å². The molecule has 5 heterocycles. The van der Waals surface area contributed by atoms with E-state index in [1.54, 1.807) is 40.3 Å².